The lowest BCUT2D eigenvalue weighted by Gasteiger charge is -2.33. The van der Waals surface area contributed by atoms with Gasteiger partial charge in [0.2, 0.25) is 0 Å². The summed E-state index contributed by atoms with van der Waals surface area (Å²) in [7, 11) is 3.26. The number of hydrogen-bond donors (Lipinski definition) is 1. The highest BCUT2D eigenvalue weighted by Gasteiger charge is 2.27. The van der Waals surface area contributed by atoms with Crippen LogP contribution >= 0.6 is 0 Å². The molecule has 0 unspecified atom stereocenters. The van der Waals surface area contributed by atoms with E-state index in [1.54, 1.807) is 7.05 Å². The predicted molar refractivity (Wildman–Crippen MR) is 106 cm³/mol. The van der Waals surface area contributed by atoms with E-state index in [1.807, 2.05) is 12.1 Å². The second-order valence-electron chi connectivity index (χ2n) is 7.32. The molecular formula is C21H31N3O3. The molecule has 0 bridgehead atoms. The van der Waals surface area contributed by atoms with Crippen LogP contribution in [0.25, 0.3) is 0 Å². The van der Waals surface area contributed by atoms with Crippen molar-refractivity contribution in [2.45, 2.75) is 51.2 Å². The third kappa shape index (κ3) is 5.15. The normalized spacial score (nSPS) is 19.2. The Balaban J connectivity index is 1.55. The van der Waals surface area contributed by atoms with E-state index >= 15 is 0 Å². The van der Waals surface area contributed by atoms with E-state index in [0.29, 0.717) is 12.6 Å². The molecule has 3 rings (SSSR count). The number of benzene rings is 1. The standard InChI is InChI=1S/C21H31N3O3/c1-22-21(24-13-11-16(12-14-24)20(25)26-2)23-15-17-7-3-6-10-19(17)27-18-8-4-5-9-18/h3,6-7,10,16,18H,4-5,8-9,11-15H2,1-2H3,(H,22,23). The maximum atomic E-state index is 11.7. The molecule has 148 valence electrons. The highest BCUT2D eigenvalue weighted by Crippen LogP contribution is 2.26. The summed E-state index contributed by atoms with van der Waals surface area (Å²) >= 11 is 0. The molecule has 2 fully saturated rings. The van der Waals surface area contributed by atoms with Crippen LogP contribution < -0.4 is 10.1 Å². The minimum atomic E-state index is -0.101. The summed E-state index contributed by atoms with van der Waals surface area (Å²) in [6, 6.07) is 8.23. The zero-order valence-corrected chi connectivity index (χ0v) is 16.4. The number of aliphatic imine (C=N–C) groups is 1. The van der Waals surface area contributed by atoms with E-state index in [1.165, 1.54) is 20.0 Å². The average molecular weight is 373 g/mol. The van der Waals surface area contributed by atoms with Gasteiger partial charge in [-0.3, -0.25) is 9.79 Å². The van der Waals surface area contributed by atoms with Crippen molar-refractivity contribution in [1.82, 2.24) is 10.2 Å². The lowest BCUT2D eigenvalue weighted by Crippen LogP contribution is -2.46. The van der Waals surface area contributed by atoms with E-state index in [0.717, 1.165) is 56.0 Å². The van der Waals surface area contributed by atoms with Gasteiger partial charge < -0.3 is 19.7 Å². The monoisotopic (exact) mass is 373 g/mol. The van der Waals surface area contributed by atoms with Gasteiger partial charge in [-0.05, 0) is 44.6 Å². The van der Waals surface area contributed by atoms with Gasteiger partial charge in [-0.15, -0.1) is 0 Å². The van der Waals surface area contributed by atoms with Crippen LogP contribution in [0.4, 0.5) is 0 Å². The van der Waals surface area contributed by atoms with Crippen LogP contribution in [0, 0.1) is 5.92 Å². The lowest BCUT2D eigenvalue weighted by atomic mass is 9.97. The summed E-state index contributed by atoms with van der Waals surface area (Å²) in [5.74, 6) is 1.74. The number of esters is 1. The summed E-state index contributed by atoms with van der Waals surface area (Å²) in [6.07, 6.45) is 6.78. The van der Waals surface area contributed by atoms with Crippen LogP contribution in [0.2, 0.25) is 0 Å². The molecule has 1 heterocycles. The number of carbonyl (C=O) groups excluding carboxylic acids is 1. The molecule has 6 nitrogen and oxygen atoms in total. The van der Waals surface area contributed by atoms with Gasteiger partial charge in [0, 0.05) is 32.2 Å². The second kappa shape index (κ2) is 9.62. The second-order valence-corrected chi connectivity index (χ2v) is 7.32. The Morgan fingerprint density at radius 3 is 2.56 bits per heavy atom. The number of rotatable bonds is 5. The topological polar surface area (TPSA) is 63.2 Å². The van der Waals surface area contributed by atoms with E-state index in [9.17, 15) is 4.79 Å². The molecule has 0 atom stereocenters. The molecule has 0 spiro atoms. The lowest BCUT2D eigenvalue weighted by molar-refractivity contribution is -0.146. The van der Waals surface area contributed by atoms with Crippen molar-refractivity contribution in [3.05, 3.63) is 29.8 Å². The SMILES string of the molecule is CN=C(NCc1ccccc1OC1CCCC1)N1CCC(C(=O)OC)CC1. The Bertz CT molecular complexity index is 648. The van der Waals surface area contributed by atoms with Crippen LogP contribution in [0.15, 0.2) is 29.3 Å². The summed E-state index contributed by atoms with van der Waals surface area (Å²) in [5.41, 5.74) is 1.15. The van der Waals surface area contributed by atoms with Crippen LogP contribution in [0.3, 0.4) is 0 Å². The molecular weight excluding hydrogens is 342 g/mol. The number of piperidine rings is 1. The number of likely N-dealkylation sites (tertiary alicyclic amines) is 1. The Morgan fingerprint density at radius 2 is 1.89 bits per heavy atom. The predicted octanol–water partition coefficient (Wildman–Crippen LogP) is 2.97. The molecule has 1 aliphatic heterocycles. The fraction of sp³-hybridized carbons (Fsp3) is 0.619. The average Bonchev–Trinajstić information content (AvgIpc) is 3.22. The van der Waals surface area contributed by atoms with Gasteiger partial charge in [0.15, 0.2) is 5.96 Å². The minimum absolute atomic E-state index is 0.00453. The van der Waals surface area contributed by atoms with Crippen molar-refractivity contribution in [3.8, 4) is 5.75 Å². The number of methoxy groups -OCH3 is 1. The Hall–Kier alpha value is -2.24. The number of nitrogens with zero attached hydrogens (tertiary/aromatic N) is 2. The summed E-state index contributed by atoms with van der Waals surface area (Å²) in [4.78, 5) is 18.3. The van der Waals surface area contributed by atoms with Crippen LogP contribution in [-0.4, -0.2) is 50.2 Å². The molecule has 0 aromatic heterocycles. The fourth-order valence-electron chi connectivity index (χ4n) is 3.95. The van der Waals surface area contributed by atoms with Crippen LogP contribution in [0.5, 0.6) is 5.75 Å². The first-order valence-electron chi connectivity index (χ1n) is 9.99. The van der Waals surface area contributed by atoms with Crippen molar-refractivity contribution in [1.29, 1.82) is 0 Å². The first kappa shape index (κ1) is 19.5. The zero-order chi connectivity index (χ0) is 19.1. The van der Waals surface area contributed by atoms with E-state index < -0.39 is 0 Å². The number of ether oxygens (including phenoxy) is 2. The van der Waals surface area contributed by atoms with Gasteiger partial charge >= 0.3 is 5.97 Å². The van der Waals surface area contributed by atoms with Crippen molar-refractivity contribution in [2.24, 2.45) is 10.9 Å². The van der Waals surface area contributed by atoms with Crippen LogP contribution in [0.1, 0.15) is 44.1 Å². The van der Waals surface area contributed by atoms with Crippen molar-refractivity contribution in [3.63, 3.8) is 0 Å². The molecule has 6 heteroatoms. The molecule has 0 radical (unpaired) electrons. The maximum Gasteiger partial charge on any atom is 0.308 e. The van der Waals surface area contributed by atoms with Gasteiger partial charge in [-0.25, -0.2) is 0 Å². The Labute approximate surface area is 161 Å². The Kier molecular flexibility index (Phi) is 6.96. The van der Waals surface area contributed by atoms with Gasteiger partial charge in [0.25, 0.3) is 0 Å². The Morgan fingerprint density at radius 1 is 1.19 bits per heavy atom. The first-order chi connectivity index (χ1) is 13.2. The maximum absolute atomic E-state index is 11.7. The van der Waals surface area contributed by atoms with Crippen molar-refractivity contribution < 1.29 is 14.3 Å². The van der Waals surface area contributed by atoms with Gasteiger partial charge in [-0.2, -0.15) is 0 Å². The van der Waals surface area contributed by atoms with Gasteiger partial charge in [0.05, 0.1) is 19.1 Å². The van der Waals surface area contributed by atoms with Gasteiger partial charge in [0.1, 0.15) is 5.75 Å². The molecule has 27 heavy (non-hydrogen) atoms. The molecule has 1 saturated heterocycles. The number of guanidine groups is 1. The van der Waals surface area contributed by atoms with Gasteiger partial charge in [-0.1, -0.05) is 18.2 Å². The molecule has 1 aromatic carbocycles. The molecule has 2 aliphatic rings. The third-order valence-corrected chi connectivity index (χ3v) is 5.55. The molecule has 1 aromatic rings. The van der Waals surface area contributed by atoms with E-state index in [-0.39, 0.29) is 11.9 Å². The molecule has 0 amide bonds. The van der Waals surface area contributed by atoms with Crippen LogP contribution in [-0.2, 0) is 16.1 Å². The van der Waals surface area contributed by atoms with Crippen molar-refractivity contribution >= 4 is 11.9 Å². The summed E-state index contributed by atoms with van der Waals surface area (Å²) in [5, 5.41) is 3.46. The summed E-state index contributed by atoms with van der Waals surface area (Å²) < 4.78 is 11.1. The highest BCUT2D eigenvalue weighted by atomic mass is 16.5. The van der Waals surface area contributed by atoms with Crippen molar-refractivity contribution in [2.75, 3.05) is 27.2 Å². The van der Waals surface area contributed by atoms with E-state index in [4.69, 9.17) is 9.47 Å². The fourth-order valence-corrected chi connectivity index (χ4v) is 3.95. The largest absolute Gasteiger partial charge is 0.490 e. The molecule has 1 N–H and O–H groups in total. The number of nitrogens with one attached hydrogen (secondary N) is 1. The third-order valence-electron chi connectivity index (χ3n) is 5.55. The molecule has 1 aliphatic carbocycles. The first-order valence-corrected chi connectivity index (χ1v) is 9.99. The smallest absolute Gasteiger partial charge is 0.308 e. The quantitative estimate of drug-likeness (QED) is 0.488. The minimum Gasteiger partial charge on any atom is -0.490 e. The summed E-state index contributed by atoms with van der Waals surface area (Å²) in [6.45, 7) is 2.28. The zero-order valence-electron chi connectivity index (χ0n) is 16.4. The highest BCUT2D eigenvalue weighted by molar-refractivity contribution is 5.80. The number of hydrogen-bond acceptors (Lipinski definition) is 4. The number of carbonyl (C=O) groups is 1. The van der Waals surface area contributed by atoms with E-state index in [2.05, 4.69) is 27.3 Å². The number of para-hydroxylation sites is 1. The molecule has 1 saturated carbocycles.